The third-order valence-electron chi connectivity index (χ3n) is 4.60. The van der Waals surface area contributed by atoms with Crippen molar-refractivity contribution >= 4 is 11.5 Å². The van der Waals surface area contributed by atoms with Crippen LogP contribution < -0.4 is 5.32 Å². The fourth-order valence-corrected chi connectivity index (χ4v) is 3.11. The highest BCUT2D eigenvalue weighted by atomic mass is 15.4. The highest BCUT2D eigenvalue weighted by Crippen LogP contribution is 2.49. The van der Waals surface area contributed by atoms with E-state index >= 15 is 0 Å². The molecule has 0 radical (unpaired) electrons. The van der Waals surface area contributed by atoms with E-state index in [1.165, 1.54) is 24.0 Å². The van der Waals surface area contributed by atoms with Crippen molar-refractivity contribution in [3.05, 3.63) is 53.3 Å². The normalized spacial score (nSPS) is 15.9. The van der Waals surface area contributed by atoms with E-state index in [2.05, 4.69) is 51.8 Å². The van der Waals surface area contributed by atoms with Gasteiger partial charge in [0.25, 0.3) is 0 Å². The predicted octanol–water partition coefficient (Wildman–Crippen LogP) is 2.88. The van der Waals surface area contributed by atoms with Gasteiger partial charge in [-0.3, -0.25) is 0 Å². The zero-order valence-electron chi connectivity index (χ0n) is 12.9. The van der Waals surface area contributed by atoms with Gasteiger partial charge in [-0.15, -0.1) is 15.3 Å². The molecule has 22 heavy (non-hydrogen) atoms. The number of benzene rings is 1. The Balaban J connectivity index is 1.56. The average Bonchev–Trinajstić information content (AvgIpc) is 3.24. The summed E-state index contributed by atoms with van der Waals surface area (Å²) in [6.07, 6.45) is 2.47. The monoisotopic (exact) mass is 293 g/mol. The Hall–Kier alpha value is -2.43. The van der Waals surface area contributed by atoms with Crippen LogP contribution in [0.15, 0.2) is 36.4 Å². The molecule has 0 aliphatic heterocycles. The molecular weight excluding hydrogens is 274 g/mol. The van der Waals surface area contributed by atoms with E-state index in [9.17, 15) is 0 Å². The van der Waals surface area contributed by atoms with Gasteiger partial charge in [-0.1, -0.05) is 24.3 Å². The summed E-state index contributed by atoms with van der Waals surface area (Å²) in [4.78, 5) is 0. The topological polar surface area (TPSA) is 55.1 Å². The number of nitrogens with zero attached hydrogens (tertiary/aromatic N) is 4. The molecule has 5 heteroatoms. The van der Waals surface area contributed by atoms with E-state index in [1.807, 2.05) is 19.1 Å². The van der Waals surface area contributed by atoms with Crippen LogP contribution in [0.5, 0.6) is 0 Å². The van der Waals surface area contributed by atoms with E-state index in [0.717, 1.165) is 23.8 Å². The fraction of sp³-hybridized carbons (Fsp3) is 0.353. The minimum atomic E-state index is 0.268. The van der Waals surface area contributed by atoms with Crippen molar-refractivity contribution < 1.29 is 0 Å². The third-order valence-corrected chi connectivity index (χ3v) is 4.60. The first-order valence-electron chi connectivity index (χ1n) is 7.67. The van der Waals surface area contributed by atoms with Crippen LogP contribution in [-0.2, 0) is 5.41 Å². The highest BCUT2D eigenvalue weighted by Gasteiger charge is 2.44. The lowest BCUT2D eigenvalue weighted by atomic mass is 9.92. The standard InChI is InChI=1S/C17H19N5/c1-12-5-3-4-6-14(12)17(9-10-17)11-18-15-7-8-16-20-19-13(2)22(16)21-15/h3-8H,9-11H2,1-2H3,(H,18,21). The fourth-order valence-electron chi connectivity index (χ4n) is 3.11. The molecule has 4 rings (SSSR count). The molecule has 2 heterocycles. The molecule has 1 fully saturated rings. The van der Waals surface area contributed by atoms with Gasteiger partial charge in [0.1, 0.15) is 5.82 Å². The van der Waals surface area contributed by atoms with E-state index < -0.39 is 0 Å². The second kappa shape index (κ2) is 4.80. The number of aryl methyl sites for hydroxylation is 2. The molecule has 1 aliphatic rings. The SMILES string of the molecule is Cc1ccccc1C1(CNc2ccc3nnc(C)n3n2)CC1. The number of hydrogen-bond donors (Lipinski definition) is 1. The number of nitrogens with one attached hydrogen (secondary N) is 1. The molecule has 5 nitrogen and oxygen atoms in total. The first-order valence-corrected chi connectivity index (χ1v) is 7.67. The maximum absolute atomic E-state index is 4.56. The summed E-state index contributed by atoms with van der Waals surface area (Å²) in [7, 11) is 0. The first-order chi connectivity index (χ1) is 10.7. The third kappa shape index (κ3) is 2.13. The predicted molar refractivity (Wildman–Crippen MR) is 86.1 cm³/mol. The van der Waals surface area contributed by atoms with E-state index in [0.29, 0.717) is 0 Å². The van der Waals surface area contributed by atoms with Gasteiger partial charge in [0.15, 0.2) is 11.5 Å². The Morgan fingerprint density at radius 1 is 1.09 bits per heavy atom. The summed E-state index contributed by atoms with van der Waals surface area (Å²) in [5.41, 5.74) is 3.89. The number of rotatable bonds is 4. The molecule has 1 N–H and O–H groups in total. The van der Waals surface area contributed by atoms with Crippen molar-refractivity contribution in [2.75, 3.05) is 11.9 Å². The zero-order valence-corrected chi connectivity index (χ0v) is 12.9. The second-order valence-electron chi connectivity index (χ2n) is 6.18. The number of hydrogen-bond acceptors (Lipinski definition) is 4. The van der Waals surface area contributed by atoms with E-state index in [-0.39, 0.29) is 5.41 Å². The Morgan fingerprint density at radius 3 is 2.68 bits per heavy atom. The van der Waals surface area contributed by atoms with Crippen molar-refractivity contribution in [3.63, 3.8) is 0 Å². The number of aromatic nitrogens is 4. The molecule has 3 aromatic rings. The van der Waals surface area contributed by atoms with Crippen molar-refractivity contribution in [1.29, 1.82) is 0 Å². The highest BCUT2D eigenvalue weighted by molar-refractivity contribution is 5.46. The van der Waals surface area contributed by atoms with Gasteiger partial charge < -0.3 is 5.32 Å². The Morgan fingerprint density at radius 2 is 1.91 bits per heavy atom. The molecule has 0 amide bonds. The van der Waals surface area contributed by atoms with Crippen LogP contribution >= 0.6 is 0 Å². The van der Waals surface area contributed by atoms with Gasteiger partial charge in [-0.2, -0.15) is 4.52 Å². The molecule has 2 aromatic heterocycles. The van der Waals surface area contributed by atoms with Crippen LogP contribution in [0.4, 0.5) is 5.82 Å². The first kappa shape index (κ1) is 13.2. The van der Waals surface area contributed by atoms with Crippen LogP contribution in [0.1, 0.15) is 29.8 Å². The van der Waals surface area contributed by atoms with Crippen molar-refractivity contribution in [2.45, 2.75) is 32.1 Å². The van der Waals surface area contributed by atoms with Crippen molar-refractivity contribution in [3.8, 4) is 0 Å². The lowest BCUT2D eigenvalue weighted by Gasteiger charge is -2.19. The van der Waals surface area contributed by atoms with Gasteiger partial charge in [0.2, 0.25) is 0 Å². The van der Waals surface area contributed by atoms with Gasteiger partial charge in [0, 0.05) is 12.0 Å². The quantitative estimate of drug-likeness (QED) is 0.803. The lowest BCUT2D eigenvalue weighted by molar-refractivity contribution is 0.720. The molecule has 1 aliphatic carbocycles. The summed E-state index contributed by atoms with van der Waals surface area (Å²) in [5, 5.41) is 16.2. The Bertz CT molecular complexity index is 832. The molecule has 1 aromatic carbocycles. The van der Waals surface area contributed by atoms with Crippen LogP contribution in [0.3, 0.4) is 0 Å². The van der Waals surface area contributed by atoms with Crippen LogP contribution in [-0.4, -0.2) is 26.4 Å². The summed E-state index contributed by atoms with van der Waals surface area (Å²) in [6.45, 7) is 5.02. The minimum absolute atomic E-state index is 0.268. The van der Waals surface area contributed by atoms with Gasteiger partial charge in [0.05, 0.1) is 0 Å². The van der Waals surface area contributed by atoms with Crippen LogP contribution in [0, 0.1) is 13.8 Å². The molecule has 0 saturated heterocycles. The van der Waals surface area contributed by atoms with Gasteiger partial charge in [-0.25, -0.2) is 0 Å². The van der Waals surface area contributed by atoms with Crippen LogP contribution in [0.25, 0.3) is 5.65 Å². The Labute approximate surface area is 129 Å². The molecule has 0 bridgehead atoms. The average molecular weight is 293 g/mol. The maximum Gasteiger partial charge on any atom is 0.178 e. The summed E-state index contributed by atoms with van der Waals surface area (Å²) in [6, 6.07) is 12.6. The second-order valence-corrected chi connectivity index (χ2v) is 6.18. The van der Waals surface area contributed by atoms with Gasteiger partial charge >= 0.3 is 0 Å². The minimum Gasteiger partial charge on any atom is -0.368 e. The van der Waals surface area contributed by atoms with Crippen molar-refractivity contribution in [1.82, 2.24) is 19.8 Å². The van der Waals surface area contributed by atoms with Crippen LogP contribution in [0.2, 0.25) is 0 Å². The number of fused-ring (bicyclic) bond motifs is 1. The maximum atomic E-state index is 4.56. The summed E-state index contributed by atoms with van der Waals surface area (Å²) >= 11 is 0. The van der Waals surface area contributed by atoms with Gasteiger partial charge in [-0.05, 0) is 49.9 Å². The molecule has 0 spiro atoms. The number of anilines is 1. The smallest absolute Gasteiger partial charge is 0.178 e. The molecule has 112 valence electrons. The van der Waals surface area contributed by atoms with E-state index in [4.69, 9.17) is 0 Å². The molecule has 0 unspecified atom stereocenters. The zero-order chi connectivity index (χ0) is 15.2. The lowest BCUT2D eigenvalue weighted by Crippen LogP contribution is -2.21. The molecule has 0 atom stereocenters. The Kier molecular flexibility index (Phi) is 2.89. The molecular formula is C17H19N5. The largest absolute Gasteiger partial charge is 0.368 e. The summed E-state index contributed by atoms with van der Waals surface area (Å²) < 4.78 is 1.77. The van der Waals surface area contributed by atoms with E-state index in [1.54, 1.807) is 4.52 Å². The van der Waals surface area contributed by atoms with Crippen molar-refractivity contribution in [2.24, 2.45) is 0 Å². The molecule has 1 saturated carbocycles. The summed E-state index contributed by atoms with van der Waals surface area (Å²) in [5.74, 6) is 1.67.